The molecule has 0 aliphatic heterocycles. The predicted octanol–water partition coefficient (Wildman–Crippen LogP) is 5.80. The number of nitrogens with one attached hydrogen (secondary N) is 2. The van der Waals surface area contributed by atoms with Crippen LogP contribution in [0, 0.1) is 27.7 Å². The normalized spacial score (nSPS) is 11.6. The summed E-state index contributed by atoms with van der Waals surface area (Å²) < 4.78 is 0. The van der Waals surface area contributed by atoms with Gasteiger partial charge in [-0.3, -0.25) is 0 Å². The Balaban J connectivity index is 0.000000166. The van der Waals surface area contributed by atoms with E-state index in [1.54, 1.807) is 12.7 Å². The average Bonchev–Trinajstić information content (AvgIpc) is 3.42. The summed E-state index contributed by atoms with van der Waals surface area (Å²) in [5, 5.41) is 0. The van der Waals surface area contributed by atoms with Gasteiger partial charge in [-0.1, -0.05) is 43.3 Å². The Kier molecular flexibility index (Phi) is 6.65. The number of imidazole rings is 2. The van der Waals surface area contributed by atoms with Crippen LogP contribution in [0.5, 0.6) is 0 Å². The zero-order valence-electron chi connectivity index (χ0n) is 18.0. The fraction of sp³-hybridized carbons (Fsp3) is 0.280. The van der Waals surface area contributed by atoms with E-state index in [0.29, 0.717) is 5.92 Å². The minimum Gasteiger partial charge on any atom is -0.351 e. The van der Waals surface area contributed by atoms with Gasteiger partial charge in [-0.2, -0.15) is 0 Å². The molecule has 1 unspecified atom stereocenters. The van der Waals surface area contributed by atoms with E-state index in [-0.39, 0.29) is 0 Å². The summed E-state index contributed by atoms with van der Waals surface area (Å²) in [6.07, 6.45) is 8.28. The first-order valence-electron chi connectivity index (χ1n) is 10.0. The summed E-state index contributed by atoms with van der Waals surface area (Å²) in [6.45, 7) is 10.8. The monoisotopic (exact) mass is 386 g/mol. The average molecular weight is 387 g/mol. The van der Waals surface area contributed by atoms with E-state index in [1.807, 2.05) is 12.4 Å². The highest BCUT2D eigenvalue weighted by Crippen LogP contribution is 2.26. The molecular formula is C25H30N4. The molecule has 4 nitrogen and oxygen atoms in total. The number of benzene rings is 2. The highest BCUT2D eigenvalue weighted by atomic mass is 14.9. The third-order valence-corrected chi connectivity index (χ3v) is 5.72. The minimum atomic E-state index is 0.358. The van der Waals surface area contributed by atoms with Crippen molar-refractivity contribution >= 4 is 0 Å². The molecule has 0 amide bonds. The van der Waals surface area contributed by atoms with Crippen molar-refractivity contribution in [1.29, 1.82) is 0 Å². The van der Waals surface area contributed by atoms with Gasteiger partial charge >= 0.3 is 0 Å². The van der Waals surface area contributed by atoms with E-state index in [0.717, 1.165) is 17.8 Å². The molecule has 0 aliphatic carbocycles. The molecule has 0 aliphatic rings. The van der Waals surface area contributed by atoms with Crippen molar-refractivity contribution in [2.45, 2.75) is 47.0 Å². The summed E-state index contributed by atoms with van der Waals surface area (Å²) in [5.41, 5.74) is 10.3. The Morgan fingerprint density at radius 1 is 0.793 bits per heavy atom. The van der Waals surface area contributed by atoms with Crippen molar-refractivity contribution in [3.05, 3.63) is 106 Å². The van der Waals surface area contributed by atoms with Gasteiger partial charge in [0.2, 0.25) is 0 Å². The Labute approximate surface area is 173 Å². The van der Waals surface area contributed by atoms with Crippen LogP contribution in [0.3, 0.4) is 0 Å². The molecule has 2 aromatic carbocycles. The highest BCUT2D eigenvalue weighted by Gasteiger charge is 2.13. The molecular weight excluding hydrogens is 356 g/mol. The van der Waals surface area contributed by atoms with Crippen molar-refractivity contribution in [3.63, 3.8) is 0 Å². The van der Waals surface area contributed by atoms with E-state index in [2.05, 4.69) is 91.0 Å². The molecule has 0 radical (unpaired) electrons. The molecule has 4 heteroatoms. The van der Waals surface area contributed by atoms with E-state index >= 15 is 0 Å². The zero-order valence-corrected chi connectivity index (χ0v) is 18.0. The van der Waals surface area contributed by atoms with Gasteiger partial charge in [-0.15, -0.1) is 0 Å². The lowest BCUT2D eigenvalue weighted by Crippen LogP contribution is -2.00. The van der Waals surface area contributed by atoms with Gasteiger partial charge in [0, 0.05) is 24.7 Å². The summed E-state index contributed by atoms with van der Waals surface area (Å²) in [5.74, 6) is 0.358. The van der Waals surface area contributed by atoms with Gasteiger partial charge in [0.1, 0.15) is 0 Å². The number of hydrogen-bond donors (Lipinski definition) is 2. The van der Waals surface area contributed by atoms with E-state index in [1.165, 1.54) is 33.4 Å². The van der Waals surface area contributed by atoms with Crippen molar-refractivity contribution in [2.75, 3.05) is 0 Å². The second-order valence-corrected chi connectivity index (χ2v) is 7.60. The van der Waals surface area contributed by atoms with Crippen molar-refractivity contribution < 1.29 is 0 Å². The zero-order chi connectivity index (χ0) is 20.8. The van der Waals surface area contributed by atoms with E-state index < -0.39 is 0 Å². The highest BCUT2D eigenvalue weighted by molar-refractivity contribution is 5.38. The quantitative estimate of drug-likeness (QED) is 0.466. The van der Waals surface area contributed by atoms with Crippen LogP contribution < -0.4 is 0 Å². The molecule has 0 fully saturated rings. The number of nitrogens with zero attached hydrogens (tertiary/aromatic N) is 2. The van der Waals surface area contributed by atoms with Crippen molar-refractivity contribution in [2.24, 2.45) is 0 Å². The van der Waals surface area contributed by atoms with Crippen LogP contribution in [0.15, 0.2) is 61.4 Å². The maximum atomic E-state index is 4.31. The second-order valence-electron chi connectivity index (χ2n) is 7.60. The Hall–Kier alpha value is -3.14. The number of aryl methyl sites for hydroxylation is 2. The standard InChI is InChI=1S/C13H16N2.C12H14N2/c1-9-5-4-6-12(10(9)2)11(3)13-7-14-8-15-13;1-9-4-3-5-11(10(9)2)6-12-7-13-8-14-12/h4-8,11H,1-3H3,(H,14,15);3-5,7-8H,6H2,1-2H3,(H,13,14). The Morgan fingerprint density at radius 3 is 2.10 bits per heavy atom. The molecule has 2 aromatic heterocycles. The molecule has 2 N–H and O–H groups in total. The van der Waals surface area contributed by atoms with Crippen LogP contribution in [0.1, 0.15) is 57.6 Å². The number of aromatic nitrogens is 4. The largest absolute Gasteiger partial charge is 0.351 e. The number of rotatable bonds is 4. The number of hydrogen-bond acceptors (Lipinski definition) is 2. The molecule has 29 heavy (non-hydrogen) atoms. The first-order chi connectivity index (χ1) is 14.0. The van der Waals surface area contributed by atoms with Crippen LogP contribution >= 0.6 is 0 Å². The maximum Gasteiger partial charge on any atom is 0.0923 e. The van der Waals surface area contributed by atoms with Crippen LogP contribution in [0.2, 0.25) is 0 Å². The topological polar surface area (TPSA) is 57.4 Å². The summed E-state index contributed by atoms with van der Waals surface area (Å²) in [7, 11) is 0. The summed E-state index contributed by atoms with van der Waals surface area (Å²) in [6, 6.07) is 12.9. The molecule has 0 spiro atoms. The van der Waals surface area contributed by atoms with E-state index in [9.17, 15) is 0 Å². The fourth-order valence-corrected chi connectivity index (χ4v) is 3.50. The molecule has 2 heterocycles. The molecule has 150 valence electrons. The number of aromatic amines is 2. The molecule has 0 saturated carbocycles. The van der Waals surface area contributed by atoms with Crippen LogP contribution in [0.4, 0.5) is 0 Å². The fourth-order valence-electron chi connectivity index (χ4n) is 3.50. The number of H-pyrrole nitrogens is 2. The van der Waals surface area contributed by atoms with Crippen LogP contribution in [-0.2, 0) is 6.42 Å². The second kappa shape index (κ2) is 9.37. The predicted molar refractivity (Wildman–Crippen MR) is 119 cm³/mol. The lowest BCUT2D eigenvalue weighted by Gasteiger charge is -2.14. The van der Waals surface area contributed by atoms with Crippen molar-refractivity contribution in [1.82, 2.24) is 19.9 Å². The smallest absolute Gasteiger partial charge is 0.0923 e. The molecule has 1 atom stereocenters. The van der Waals surface area contributed by atoms with Gasteiger partial charge in [0.15, 0.2) is 0 Å². The summed E-state index contributed by atoms with van der Waals surface area (Å²) >= 11 is 0. The van der Waals surface area contributed by atoms with Gasteiger partial charge in [-0.05, 0) is 61.1 Å². The maximum absolute atomic E-state index is 4.31. The molecule has 4 aromatic rings. The van der Waals surface area contributed by atoms with Crippen LogP contribution in [-0.4, -0.2) is 19.9 Å². The molecule has 0 bridgehead atoms. The first-order valence-corrected chi connectivity index (χ1v) is 10.0. The summed E-state index contributed by atoms with van der Waals surface area (Å²) in [4.78, 5) is 14.5. The Morgan fingerprint density at radius 2 is 1.45 bits per heavy atom. The van der Waals surface area contributed by atoms with E-state index in [4.69, 9.17) is 0 Å². The SMILES string of the molecule is Cc1cccc(C(C)c2c[nH]cn2)c1C.Cc1cccc(Cc2c[nH]cn2)c1C. The third-order valence-electron chi connectivity index (χ3n) is 5.72. The lowest BCUT2D eigenvalue weighted by molar-refractivity contribution is 0.871. The first kappa shape index (κ1) is 20.6. The van der Waals surface area contributed by atoms with Gasteiger partial charge in [0.25, 0.3) is 0 Å². The van der Waals surface area contributed by atoms with Gasteiger partial charge in [0.05, 0.1) is 24.0 Å². The molecule has 4 rings (SSSR count). The third kappa shape index (κ3) is 5.02. The van der Waals surface area contributed by atoms with Gasteiger partial charge in [-0.25, -0.2) is 9.97 Å². The molecule has 0 saturated heterocycles. The lowest BCUT2D eigenvalue weighted by atomic mass is 9.92. The van der Waals surface area contributed by atoms with Crippen molar-refractivity contribution in [3.8, 4) is 0 Å². The Bertz CT molecular complexity index is 1030. The minimum absolute atomic E-state index is 0.358. The van der Waals surface area contributed by atoms with Crippen LogP contribution in [0.25, 0.3) is 0 Å². The van der Waals surface area contributed by atoms with Gasteiger partial charge < -0.3 is 9.97 Å².